The highest BCUT2D eigenvalue weighted by atomic mass is 16.6. The minimum absolute atomic E-state index is 0.0333. The highest BCUT2D eigenvalue weighted by Crippen LogP contribution is 2.41. The van der Waals surface area contributed by atoms with E-state index in [-0.39, 0.29) is 51.3 Å². The van der Waals surface area contributed by atoms with Gasteiger partial charge in [-0.2, -0.15) is 0 Å². The number of fused-ring (bicyclic) bond motifs is 9. The summed E-state index contributed by atoms with van der Waals surface area (Å²) in [5.41, 5.74) is 8.15. The molecule has 476 valence electrons. The van der Waals surface area contributed by atoms with Gasteiger partial charge in [0.2, 0.25) is 0 Å². The largest absolute Gasteiger partial charge is 0.491 e. The highest BCUT2D eigenvalue weighted by molar-refractivity contribution is 6.21. The summed E-state index contributed by atoms with van der Waals surface area (Å²) >= 11 is 0. The van der Waals surface area contributed by atoms with Crippen LogP contribution >= 0.6 is 0 Å². The van der Waals surface area contributed by atoms with Crippen LogP contribution in [0.1, 0.15) is 146 Å². The summed E-state index contributed by atoms with van der Waals surface area (Å²) in [5, 5.41) is 0. The van der Waals surface area contributed by atoms with Crippen LogP contribution in [0.5, 0.6) is 23.0 Å². The molecule has 2 aliphatic heterocycles. The van der Waals surface area contributed by atoms with Crippen LogP contribution in [-0.4, -0.2) is 173 Å². The van der Waals surface area contributed by atoms with Crippen molar-refractivity contribution in [2.45, 2.75) is 119 Å². The molecule has 0 saturated carbocycles. The first-order valence-electron chi connectivity index (χ1n) is 31.3. The maximum absolute atomic E-state index is 14.0. The fourth-order valence-electron chi connectivity index (χ4n) is 11.2. The number of benzene rings is 5. The van der Waals surface area contributed by atoms with E-state index in [9.17, 15) is 19.2 Å². The van der Waals surface area contributed by atoms with Gasteiger partial charge in [-0.25, -0.2) is 9.59 Å². The molecule has 88 heavy (non-hydrogen) atoms. The average Bonchev–Trinajstić information content (AvgIpc) is 1.76. The standard InChI is InChI=1S/C70H92N4O14/c1-11-79-31-35-83-61-51-19-17-21-53(61)45-57-41-50(48-74-65(75)59-23-15-16-24-60(59)66(74)76)42-58(64(57)86-38-34-82-14-4)46-54-22-18-20-52(62(54)84-36-32-80-12-2)44-56-40-49(39-55(43-51)63(56)85-37-33-81-13-3)47-71-25-27-72(67(77)87-69(5,6)7)29-30-73(28-26-71)68(78)88-70(8,9)10/h15-24,39-42H,11-14,25-38,43-48H2,1-10H3. The Balaban J connectivity index is 1.31. The van der Waals surface area contributed by atoms with E-state index in [4.69, 9.17) is 47.4 Å². The Morgan fingerprint density at radius 1 is 0.398 bits per heavy atom. The number of carbonyl (C=O) groups is 4. The van der Waals surface area contributed by atoms with Crippen LogP contribution in [-0.2, 0) is 67.2 Å². The lowest BCUT2D eigenvalue weighted by Crippen LogP contribution is -2.44. The van der Waals surface area contributed by atoms with Gasteiger partial charge in [-0.1, -0.05) is 60.7 Å². The summed E-state index contributed by atoms with van der Waals surface area (Å²) < 4.78 is 63.0. The topological polar surface area (TPSA) is 174 Å². The molecule has 5 aromatic rings. The van der Waals surface area contributed by atoms with Crippen molar-refractivity contribution in [3.05, 3.63) is 152 Å². The van der Waals surface area contributed by atoms with Crippen LogP contribution in [0.15, 0.2) is 84.9 Å². The minimum Gasteiger partial charge on any atom is -0.491 e. The second-order valence-corrected chi connectivity index (χ2v) is 24.1. The molecule has 4 amide bonds. The van der Waals surface area contributed by atoms with Gasteiger partial charge in [-0.3, -0.25) is 19.4 Å². The van der Waals surface area contributed by atoms with Crippen LogP contribution in [0.3, 0.4) is 0 Å². The number of imide groups is 1. The van der Waals surface area contributed by atoms with Crippen molar-refractivity contribution in [2.75, 3.05) is 119 Å². The summed E-state index contributed by atoms with van der Waals surface area (Å²) in [4.78, 5) is 62.7. The van der Waals surface area contributed by atoms with Gasteiger partial charge in [-0.15, -0.1) is 0 Å². The van der Waals surface area contributed by atoms with Crippen molar-refractivity contribution < 1.29 is 66.5 Å². The Kier molecular flexibility index (Phi) is 24.1. The van der Waals surface area contributed by atoms with Crippen LogP contribution in [0.25, 0.3) is 0 Å². The van der Waals surface area contributed by atoms with Crippen molar-refractivity contribution >= 4 is 24.0 Å². The fourth-order valence-corrected chi connectivity index (χ4v) is 11.2. The first-order valence-corrected chi connectivity index (χ1v) is 31.3. The molecule has 0 atom stereocenters. The van der Waals surface area contributed by atoms with E-state index in [1.165, 1.54) is 4.90 Å². The number of amides is 4. The monoisotopic (exact) mass is 1210 g/mol. The quantitative estimate of drug-likeness (QED) is 0.0413. The van der Waals surface area contributed by atoms with Crippen molar-refractivity contribution in [1.29, 1.82) is 0 Å². The third kappa shape index (κ3) is 18.4. The van der Waals surface area contributed by atoms with Gasteiger partial charge >= 0.3 is 12.2 Å². The van der Waals surface area contributed by atoms with Crippen LogP contribution in [0, 0.1) is 0 Å². The van der Waals surface area contributed by atoms with Gasteiger partial charge < -0.3 is 57.2 Å². The fraction of sp³-hybridized carbons (Fsp3) is 0.514. The molecule has 0 N–H and O–H groups in total. The normalized spacial score (nSPS) is 14.9. The van der Waals surface area contributed by atoms with E-state index in [1.54, 1.807) is 34.1 Å². The lowest BCUT2D eigenvalue weighted by Gasteiger charge is -2.30. The van der Waals surface area contributed by atoms with E-state index >= 15 is 0 Å². The molecule has 0 spiro atoms. The molecule has 1 fully saturated rings. The molecule has 2 heterocycles. The summed E-state index contributed by atoms with van der Waals surface area (Å²) in [6.45, 7) is 26.4. The van der Waals surface area contributed by atoms with Crippen LogP contribution < -0.4 is 18.9 Å². The number of ether oxygens (including phenoxy) is 10. The lowest BCUT2D eigenvalue weighted by molar-refractivity contribution is 0.0154. The average molecular weight is 1210 g/mol. The molecule has 0 radical (unpaired) electrons. The molecule has 5 aromatic carbocycles. The van der Waals surface area contributed by atoms with Gasteiger partial charge in [0.05, 0.1) is 44.1 Å². The number of para-hydroxylation sites is 2. The van der Waals surface area contributed by atoms with Gasteiger partial charge in [0.25, 0.3) is 11.8 Å². The van der Waals surface area contributed by atoms with Crippen LogP contribution in [0.2, 0.25) is 0 Å². The first-order chi connectivity index (χ1) is 42.4. The zero-order valence-electron chi connectivity index (χ0n) is 53.6. The molecular formula is C70H92N4O14. The summed E-state index contributed by atoms with van der Waals surface area (Å²) in [7, 11) is 0. The maximum Gasteiger partial charge on any atom is 0.410 e. The number of carbonyl (C=O) groups excluding carboxylic acids is 4. The Bertz CT molecular complexity index is 2980. The van der Waals surface area contributed by atoms with Gasteiger partial charge in [-0.05, 0) is 149 Å². The predicted octanol–water partition coefficient (Wildman–Crippen LogP) is 11.1. The van der Waals surface area contributed by atoms with E-state index < -0.39 is 23.4 Å². The smallest absolute Gasteiger partial charge is 0.410 e. The molecule has 1 aliphatic carbocycles. The zero-order valence-corrected chi connectivity index (χ0v) is 53.6. The molecule has 0 unspecified atom stereocenters. The second kappa shape index (κ2) is 31.8. The van der Waals surface area contributed by atoms with Gasteiger partial charge in [0.15, 0.2) is 0 Å². The van der Waals surface area contributed by atoms with E-state index in [1.807, 2.05) is 81.4 Å². The Morgan fingerprint density at radius 2 is 0.705 bits per heavy atom. The van der Waals surface area contributed by atoms with Crippen molar-refractivity contribution in [2.24, 2.45) is 0 Å². The molecule has 18 nitrogen and oxygen atoms in total. The van der Waals surface area contributed by atoms with Gasteiger partial charge in [0, 0.05) is 97.9 Å². The third-order valence-electron chi connectivity index (χ3n) is 15.1. The van der Waals surface area contributed by atoms with E-state index in [0.717, 1.165) is 61.4 Å². The Labute approximate surface area is 520 Å². The maximum atomic E-state index is 14.0. The third-order valence-corrected chi connectivity index (χ3v) is 15.1. The lowest BCUT2D eigenvalue weighted by atomic mass is 9.89. The Morgan fingerprint density at radius 3 is 1.02 bits per heavy atom. The van der Waals surface area contributed by atoms with Crippen molar-refractivity contribution in [3.8, 4) is 23.0 Å². The zero-order chi connectivity index (χ0) is 62.8. The Hall–Kier alpha value is -7.22. The number of rotatable bonds is 24. The first kappa shape index (κ1) is 66.7. The number of hydrogen-bond donors (Lipinski definition) is 0. The summed E-state index contributed by atoms with van der Waals surface area (Å²) in [5.74, 6) is 2.08. The summed E-state index contributed by atoms with van der Waals surface area (Å²) in [6, 6.07) is 27.9. The molecule has 18 heteroatoms. The predicted molar refractivity (Wildman–Crippen MR) is 336 cm³/mol. The second-order valence-electron chi connectivity index (χ2n) is 24.1. The van der Waals surface area contributed by atoms with Gasteiger partial charge in [0.1, 0.15) is 60.6 Å². The van der Waals surface area contributed by atoms with Crippen LogP contribution in [0.4, 0.5) is 9.59 Å². The van der Waals surface area contributed by atoms with Crippen molar-refractivity contribution in [3.63, 3.8) is 0 Å². The van der Waals surface area contributed by atoms with E-state index in [2.05, 4.69) is 53.4 Å². The molecule has 8 bridgehead atoms. The SMILES string of the molecule is CCOCCOc1c2cccc1Cc1cc(CN3C(=O)c4ccccc4C3=O)cc(c1OCCOCC)Cc1cccc(c1OCCOCC)Cc1cc(CN3CCN(C(=O)OC(C)(C)C)CCN(C(=O)OC(C)(C)C)CC3)cc(c1OCCOCC)C2. The summed E-state index contributed by atoms with van der Waals surface area (Å²) in [6.07, 6.45) is 0.587. The molecule has 1 saturated heterocycles. The molecular weight excluding hydrogens is 1120 g/mol. The highest BCUT2D eigenvalue weighted by Gasteiger charge is 2.36. The minimum atomic E-state index is -0.723. The van der Waals surface area contributed by atoms with E-state index in [0.29, 0.717) is 146 Å². The molecule has 8 rings (SSSR count). The molecule has 3 aliphatic rings. The molecule has 0 aromatic heterocycles. The number of nitrogens with zero attached hydrogens (tertiary/aromatic N) is 4. The van der Waals surface area contributed by atoms with Crippen molar-refractivity contribution in [1.82, 2.24) is 19.6 Å². The number of hydrogen-bond acceptors (Lipinski definition) is 15.